The van der Waals surface area contributed by atoms with Crippen molar-refractivity contribution >= 4 is 5.91 Å². The molecule has 1 aromatic rings. The summed E-state index contributed by atoms with van der Waals surface area (Å²) >= 11 is 0. The predicted octanol–water partition coefficient (Wildman–Crippen LogP) is 1.07. The fraction of sp³-hybridized carbons (Fsp3) is 0.562. The highest BCUT2D eigenvalue weighted by molar-refractivity contribution is 5.82. The first-order valence-electron chi connectivity index (χ1n) is 7.36. The third kappa shape index (κ3) is 2.72. The molecule has 0 saturated carbocycles. The van der Waals surface area contributed by atoms with Crippen LogP contribution in [0.5, 0.6) is 0 Å². The van der Waals surface area contributed by atoms with Crippen molar-refractivity contribution in [2.45, 2.75) is 44.4 Å². The Kier molecular flexibility index (Phi) is 3.52. The number of likely N-dealkylation sites (tertiary alicyclic amines) is 1. The molecule has 2 heterocycles. The lowest BCUT2D eigenvalue weighted by Gasteiger charge is -2.38. The predicted molar refractivity (Wildman–Crippen MR) is 77.2 cm³/mol. The Bertz CT molecular complexity index is 503. The van der Waals surface area contributed by atoms with Crippen molar-refractivity contribution in [3.8, 4) is 0 Å². The van der Waals surface area contributed by atoms with E-state index in [0.717, 1.165) is 13.0 Å². The van der Waals surface area contributed by atoms with Crippen LogP contribution in [0.3, 0.4) is 0 Å². The molecule has 1 saturated heterocycles. The van der Waals surface area contributed by atoms with Crippen molar-refractivity contribution in [1.29, 1.82) is 0 Å². The molecule has 2 N–H and O–H groups in total. The summed E-state index contributed by atoms with van der Waals surface area (Å²) in [6.07, 6.45) is 2.10. The number of nitrogens with zero attached hydrogens (tertiary/aromatic N) is 1. The Hall–Kier alpha value is -1.39. The van der Waals surface area contributed by atoms with Crippen molar-refractivity contribution in [3.05, 3.63) is 35.4 Å². The van der Waals surface area contributed by atoms with Gasteiger partial charge >= 0.3 is 0 Å². The van der Waals surface area contributed by atoms with Gasteiger partial charge in [-0.05, 0) is 37.3 Å². The van der Waals surface area contributed by atoms with E-state index in [1.54, 1.807) is 0 Å². The second kappa shape index (κ2) is 5.19. The normalized spacial score (nSPS) is 25.1. The van der Waals surface area contributed by atoms with Gasteiger partial charge in [0.25, 0.3) is 0 Å². The van der Waals surface area contributed by atoms with Gasteiger partial charge in [0, 0.05) is 19.6 Å². The molecule has 1 fully saturated rings. The molecule has 2 aliphatic rings. The lowest BCUT2D eigenvalue weighted by Crippen LogP contribution is -2.53. The smallest absolute Gasteiger partial charge is 0.240 e. The number of benzene rings is 1. The minimum absolute atomic E-state index is 0.118. The van der Waals surface area contributed by atoms with Gasteiger partial charge in [-0.3, -0.25) is 4.79 Å². The summed E-state index contributed by atoms with van der Waals surface area (Å²) in [6.45, 7) is 3.93. The third-order valence-corrected chi connectivity index (χ3v) is 4.53. The van der Waals surface area contributed by atoms with Crippen molar-refractivity contribution in [2.24, 2.45) is 0 Å². The molecule has 2 aliphatic heterocycles. The largest absolute Gasteiger partial charge is 0.390 e. The lowest BCUT2D eigenvalue weighted by molar-refractivity contribution is -0.137. The molecule has 1 atom stereocenters. The number of nitrogens with one attached hydrogen (secondary N) is 1. The van der Waals surface area contributed by atoms with Gasteiger partial charge in [-0.15, -0.1) is 0 Å². The maximum Gasteiger partial charge on any atom is 0.240 e. The van der Waals surface area contributed by atoms with E-state index in [2.05, 4.69) is 17.4 Å². The summed E-state index contributed by atoms with van der Waals surface area (Å²) < 4.78 is 0. The van der Waals surface area contributed by atoms with E-state index in [1.807, 2.05) is 24.0 Å². The zero-order valence-corrected chi connectivity index (χ0v) is 11.9. The van der Waals surface area contributed by atoms with Crippen molar-refractivity contribution < 1.29 is 9.90 Å². The molecule has 0 spiro atoms. The molecule has 3 rings (SSSR count). The summed E-state index contributed by atoms with van der Waals surface area (Å²) in [4.78, 5) is 14.4. The summed E-state index contributed by atoms with van der Waals surface area (Å²) in [5.74, 6) is 0.176. The molecule has 0 aromatic heterocycles. The van der Waals surface area contributed by atoms with Gasteiger partial charge in [-0.25, -0.2) is 0 Å². The summed E-state index contributed by atoms with van der Waals surface area (Å²) in [5, 5.41) is 13.3. The Balaban J connectivity index is 1.65. The minimum Gasteiger partial charge on any atom is -0.390 e. The second-order valence-corrected chi connectivity index (χ2v) is 6.23. The average Bonchev–Trinajstić information content (AvgIpc) is 2.46. The van der Waals surface area contributed by atoms with Crippen LogP contribution in [0.15, 0.2) is 24.3 Å². The van der Waals surface area contributed by atoms with Crippen molar-refractivity contribution in [1.82, 2.24) is 10.2 Å². The maximum atomic E-state index is 12.6. The molecule has 0 aliphatic carbocycles. The molecule has 1 unspecified atom stereocenters. The quantitative estimate of drug-likeness (QED) is 0.805. The maximum absolute atomic E-state index is 12.6. The Morgan fingerprint density at radius 3 is 2.65 bits per heavy atom. The number of carbonyl (C=O) groups is 1. The molecule has 20 heavy (non-hydrogen) atoms. The van der Waals surface area contributed by atoms with Crippen LogP contribution >= 0.6 is 0 Å². The van der Waals surface area contributed by atoms with E-state index in [-0.39, 0.29) is 11.9 Å². The molecule has 0 bridgehead atoms. The van der Waals surface area contributed by atoms with Gasteiger partial charge < -0.3 is 15.3 Å². The van der Waals surface area contributed by atoms with Gasteiger partial charge in [-0.2, -0.15) is 0 Å². The fourth-order valence-electron chi connectivity index (χ4n) is 3.06. The molecular weight excluding hydrogens is 252 g/mol. The Morgan fingerprint density at radius 2 is 1.95 bits per heavy atom. The summed E-state index contributed by atoms with van der Waals surface area (Å²) in [6, 6.07) is 8.17. The van der Waals surface area contributed by atoms with Crippen LogP contribution in [0.25, 0.3) is 0 Å². The van der Waals surface area contributed by atoms with E-state index in [1.165, 1.54) is 11.1 Å². The van der Waals surface area contributed by atoms with Gasteiger partial charge in [0.1, 0.15) is 0 Å². The van der Waals surface area contributed by atoms with Crippen LogP contribution in [0.4, 0.5) is 0 Å². The van der Waals surface area contributed by atoms with Crippen LogP contribution in [0.1, 0.15) is 30.9 Å². The molecule has 1 aromatic carbocycles. The lowest BCUT2D eigenvalue weighted by atomic mass is 9.91. The van der Waals surface area contributed by atoms with Gasteiger partial charge in [0.2, 0.25) is 5.91 Å². The fourth-order valence-corrected chi connectivity index (χ4v) is 3.06. The number of rotatable bonds is 1. The number of aliphatic hydroxyl groups is 1. The highest BCUT2D eigenvalue weighted by Gasteiger charge is 2.33. The van der Waals surface area contributed by atoms with E-state index in [9.17, 15) is 9.90 Å². The van der Waals surface area contributed by atoms with Gasteiger partial charge in [0.05, 0.1) is 11.6 Å². The van der Waals surface area contributed by atoms with Crippen LogP contribution in [0.2, 0.25) is 0 Å². The number of piperidine rings is 1. The summed E-state index contributed by atoms with van der Waals surface area (Å²) in [5.41, 5.74) is 1.95. The van der Waals surface area contributed by atoms with Crippen LogP contribution < -0.4 is 5.32 Å². The number of fused-ring (bicyclic) bond motifs is 1. The number of carbonyl (C=O) groups excluding carboxylic acids is 1. The van der Waals surface area contributed by atoms with Gasteiger partial charge in [-0.1, -0.05) is 24.3 Å². The highest BCUT2D eigenvalue weighted by atomic mass is 16.3. The van der Waals surface area contributed by atoms with Crippen LogP contribution in [-0.2, 0) is 17.8 Å². The van der Waals surface area contributed by atoms with Crippen LogP contribution in [-0.4, -0.2) is 40.6 Å². The first-order valence-corrected chi connectivity index (χ1v) is 7.36. The summed E-state index contributed by atoms with van der Waals surface area (Å²) in [7, 11) is 0. The van der Waals surface area contributed by atoms with Crippen molar-refractivity contribution in [2.75, 3.05) is 13.1 Å². The molecular formula is C16H22N2O2. The van der Waals surface area contributed by atoms with Crippen LogP contribution in [0, 0.1) is 0 Å². The first kappa shape index (κ1) is 13.6. The zero-order valence-electron chi connectivity index (χ0n) is 11.9. The van der Waals surface area contributed by atoms with E-state index in [4.69, 9.17) is 0 Å². The highest BCUT2D eigenvalue weighted by Crippen LogP contribution is 2.23. The zero-order chi connectivity index (χ0) is 14.2. The standard InChI is InChI=1S/C16H22N2O2/c1-16(20)6-8-18(9-7-16)15(19)14-10-12-4-2-3-5-13(12)11-17-14/h2-5,14,17,20H,6-11H2,1H3. The Morgan fingerprint density at radius 1 is 1.30 bits per heavy atom. The number of hydrogen-bond acceptors (Lipinski definition) is 3. The third-order valence-electron chi connectivity index (χ3n) is 4.53. The number of hydrogen-bond donors (Lipinski definition) is 2. The topological polar surface area (TPSA) is 52.6 Å². The van der Waals surface area contributed by atoms with E-state index in [0.29, 0.717) is 25.9 Å². The molecule has 4 heteroatoms. The average molecular weight is 274 g/mol. The second-order valence-electron chi connectivity index (χ2n) is 6.23. The Labute approximate surface area is 119 Å². The SMILES string of the molecule is CC1(O)CCN(C(=O)C2Cc3ccccc3CN2)CC1. The minimum atomic E-state index is -0.608. The molecule has 4 nitrogen and oxygen atoms in total. The monoisotopic (exact) mass is 274 g/mol. The van der Waals surface area contributed by atoms with Crippen molar-refractivity contribution in [3.63, 3.8) is 0 Å². The first-order chi connectivity index (χ1) is 9.55. The van der Waals surface area contributed by atoms with Gasteiger partial charge in [0.15, 0.2) is 0 Å². The molecule has 0 radical (unpaired) electrons. The molecule has 108 valence electrons. The molecule has 1 amide bonds. The van der Waals surface area contributed by atoms with E-state index < -0.39 is 5.60 Å². The van der Waals surface area contributed by atoms with E-state index >= 15 is 0 Å². The number of amides is 1.